The van der Waals surface area contributed by atoms with Crippen LogP contribution in [0.2, 0.25) is 0 Å². The van der Waals surface area contributed by atoms with E-state index in [1.54, 1.807) is 43.8 Å². The Kier molecular flexibility index (Phi) is 6.19. The van der Waals surface area contributed by atoms with Crippen LogP contribution in [0.15, 0.2) is 42.7 Å². The summed E-state index contributed by atoms with van der Waals surface area (Å²) >= 11 is 0. The zero-order chi connectivity index (χ0) is 16.5. The van der Waals surface area contributed by atoms with E-state index in [9.17, 15) is 9.59 Å². The third-order valence-electron chi connectivity index (χ3n) is 2.98. The second-order valence-corrected chi connectivity index (χ2v) is 4.70. The maximum absolute atomic E-state index is 12.1. The summed E-state index contributed by atoms with van der Waals surface area (Å²) in [5.41, 5.74) is 1.26. The minimum atomic E-state index is -0.347. The summed E-state index contributed by atoms with van der Waals surface area (Å²) < 4.78 is 4.86. The van der Waals surface area contributed by atoms with Crippen LogP contribution in [0.3, 0.4) is 0 Å². The van der Waals surface area contributed by atoms with E-state index in [1.165, 1.54) is 0 Å². The van der Waals surface area contributed by atoms with Crippen LogP contribution < -0.4 is 10.6 Å². The fourth-order valence-corrected chi connectivity index (χ4v) is 1.82. The number of methoxy groups -OCH3 is 1. The second-order valence-electron chi connectivity index (χ2n) is 4.70. The van der Waals surface area contributed by atoms with Crippen molar-refractivity contribution < 1.29 is 14.3 Å². The summed E-state index contributed by atoms with van der Waals surface area (Å²) in [6.07, 6.45) is 3.34. The molecule has 0 aliphatic rings. The van der Waals surface area contributed by atoms with Crippen molar-refractivity contribution >= 4 is 11.8 Å². The van der Waals surface area contributed by atoms with E-state index in [-0.39, 0.29) is 23.2 Å². The van der Waals surface area contributed by atoms with Gasteiger partial charge in [-0.25, -0.2) is 4.98 Å². The van der Waals surface area contributed by atoms with Crippen molar-refractivity contribution in [2.45, 2.75) is 6.54 Å². The van der Waals surface area contributed by atoms with Crippen molar-refractivity contribution in [3.8, 4) is 0 Å². The summed E-state index contributed by atoms with van der Waals surface area (Å²) in [6, 6.07) is 8.40. The van der Waals surface area contributed by atoms with E-state index >= 15 is 0 Å². The number of hydrogen-bond donors (Lipinski definition) is 2. The first-order chi connectivity index (χ1) is 11.2. The zero-order valence-corrected chi connectivity index (χ0v) is 12.8. The van der Waals surface area contributed by atoms with Crippen LogP contribution in [0.25, 0.3) is 0 Å². The highest BCUT2D eigenvalue weighted by molar-refractivity contribution is 5.96. The third-order valence-corrected chi connectivity index (χ3v) is 2.98. The number of nitrogens with zero attached hydrogens (tertiary/aromatic N) is 2. The summed E-state index contributed by atoms with van der Waals surface area (Å²) in [4.78, 5) is 32.1. The Hall–Kier alpha value is -2.80. The van der Waals surface area contributed by atoms with E-state index in [4.69, 9.17) is 4.74 Å². The molecular formula is C16H18N4O3. The van der Waals surface area contributed by atoms with Crippen LogP contribution in [0.4, 0.5) is 0 Å². The predicted octanol–water partition coefficient (Wildman–Crippen LogP) is 0.783. The van der Waals surface area contributed by atoms with E-state index < -0.39 is 0 Å². The van der Waals surface area contributed by atoms with Gasteiger partial charge in [-0.1, -0.05) is 12.1 Å². The lowest BCUT2D eigenvalue weighted by atomic mass is 10.2. The molecule has 0 saturated heterocycles. The molecule has 2 heterocycles. The van der Waals surface area contributed by atoms with Crippen LogP contribution in [0, 0.1) is 0 Å². The molecule has 0 unspecified atom stereocenters. The first kappa shape index (κ1) is 16.6. The molecule has 7 nitrogen and oxygen atoms in total. The molecule has 120 valence electrons. The quantitative estimate of drug-likeness (QED) is 0.737. The Balaban J connectivity index is 1.95. The molecule has 0 radical (unpaired) electrons. The standard InChI is InChI=1S/C16H18N4O3/c1-23-9-8-18-15(21)13-5-2-6-14(20-13)16(22)19-11-12-4-3-7-17-10-12/h2-7,10H,8-9,11H2,1H3,(H,18,21)(H,19,22). The van der Waals surface area contributed by atoms with Crippen LogP contribution in [0.5, 0.6) is 0 Å². The average Bonchev–Trinajstić information content (AvgIpc) is 2.61. The Bertz CT molecular complexity index is 661. The van der Waals surface area contributed by atoms with Gasteiger partial charge >= 0.3 is 0 Å². The molecule has 2 aromatic heterocycles. The normalized spacial score (nSPS) is 10.1. The first-order valence-corrected chi connectivity index (χ1v) is 7.12. The molecule has 2 aromatic rings. The van der Waals surface area contributed by atoms with E-state index in [0.717, 1.165) is 5.56 Å². The molecule has 0 aromatic carbocycles. The number of carbonyl (C=O) groups excluding carboxylic acids is 2. The van der Waals surface area contributed by atoms with Gasteiger partial charge in [-0.2, -0.15) is 0 Å². The van der Waals surface area contributed by atoms with Gasteiger partial charge in [-0.3, -0.25) is 14.6 Å². The number of ether oxygens (including phenoxy) is 1. The van der Waals surface area contributed by atoms with Gasteiger partial charge in [0, 0.05) is 32.6 Å². The first-order valence-electron chi connectivity index (χ1n) is 7.12. The molecule has 23 heavy (non-hydrogen) atoms. The lowest BCUT2D eigenvalue weighted by Gasteiger charge is -2.07. The van der Waals surface area contributed by atoms with Gasteiger partial charge in [0.25, 0.3) is 11.8 Å². The van der Waals surface area contributed by atoms with E-state index in [2.05, 4.69) is 20.6 Å². The smallest absolute Gasteiger partial charge is 0.270 e. The van der Waals surface area contributed by atoms with Crippen LogP contribution in [0.1, 0.15) is 26.5 Å². The van der Waals surface area contributed by atoms with Crippen molar-refractivity contribution in [3.63, 3.8) is 0 Å². The largest absolute Gasteiger partial charge is 0.383 e. The lowest BCUT2D eigenvalue weighted by molar-refractivity contribution is 0.0930. The van der Waals surface area contributed by atoms with Gasteiger partial charge in [-0.05, 0) is 23.8 Å². The maximum atomic E-state index is 12.1. The molecule has 0 aliphatic heterocycles. The molecule has 0 spiro atoms. The predicted molar refractivity (Wildman–Crippen MR) is 83.9 cm³/mol. The highest BCUT2D eigenvalue weighted by atomic mass is 16.5. The van der Waals surface area contributed by atoms with Gasteiger partial charge in [0.2, 0.25) is 0 Å². The number of aromatic nitrogens is 2. The molecule has 0 saturated carbocycles. The van der Waals surface area contributed by atoms with Gasteiger partial charge in [0.1, 0.15) is 11.4 Å². The topological polar surface area (TPSA) is 93.2 Å². The second kappa shape index (κ2) is 8.60. The Morgan fingerprint density at radius 1 is 1.09 bits per heavy atom. The molecule has 2 rings (SSSR count). The average molecular weight is 314 g/mol. The van der Waals surface area contributed by atoms with Gasteiger partial charge in [0.05, 0.1) is 6.61 Å². The van der Waals surface area contributed by atoms with E-state index in [0.29, 0.717) is 19.7 Å². The summed E-state index contributed by atoms with van der Waals surface area (Å²) in [5, 5.41) is 5.40. The summed E-state index contributed by atoms with van der Waals surface area (Å²) in [7, 11) is 1.55. The molecule has 2 N–H and O–H groups in total. The van der Waals surface area contributed by atoms with Crippen molar-refractivity contribution in [2.75, 3.05) is 20.3 Å². The Morgan fingerprint density at radius 2 is 1.83 bits per heavy atom. The number of carbonyl (C=O) groups is 2. The molecular weight excluding hydrogens is 296 g/mol. The van der Waals surface area contributed by atoms with Crippen molar-refractivity contribution in [1.82, 2.24) is 20.6 Å². The van der Waals surface area contributed by atoms with E-state index in [1.807, 2.05) is 6.07 Å². The van der Waals surface area contributed by atoms with Gasteiger partial charge in [-0.15, -0.1) is 0 Å². The maximum Gasteiger partial charge on any atom is 0.270 e. The summed E-state index contributed by atoms with van der Waals surface area (Å²) in [5.74, 6) is -0.690. The zero-order valence-electron chi connectivity index (χ0n) is 12.8. The van der Waals surface area contributed by atoms with Crippen molar-refractivity contribution in [1.29, 1.82) is 0 Å². The fraction of sp³-hybridized carbons (Fsp3) is 0.250. The van der Waals surface area contributed by atoms with Crippen LogP contribution in [-0.2, 0) is 11.3 Å². The number of pyridine rings is 2. The third kappa shape index (κ3) is 5.15. The molecule has 0 atom stereocenters. The SMILES string of the molecule is COCCNC(=O)c1cccc(C(=O)NCc2cccnc2)n1. The van der Waals surface area contributed by atoms with Crippen LogP contribution in [-0.4, -0.2) is 42.0 Å². The van der Waals surface area contributed by atoms with Crippen molar-refractivity contribution in [3.05, 3.63) is 59.7 Å². The number of hydrogen-bond acceptors (Lipinski definition) is 5. The molecule has 0 aliphatic carbocycles. The minimum Gasteiger partial charge on any atom is -0.383 e. The number of nitrogens with one attached hydrogen (secondary N) is 2. The molecule has 2 amide bonds. The monoisotopic (exact) mass is 314 g/mol. The highest BCUT2D eigenvalue weighted by Gasteiger charge is 2.11. The Morgan fingerprint density at radius 3 is 2.48 bits per heavy atom. The number of amides is 2. The van der Waals surface area contributed by atoms with Crippen molar-refractivity contribution in [2.24, 2.45) is 0 Å². The highest BCUT2D eigenvalue weighted by Crippen LogP contribution is 2.01. The lowest BCUT2D eigenvalue weighted by Crippen LogP contribution is -2.29. The van der Waals surface area contributed by atoms with Crippen LogP contribution >= 0.6 is 0 Å². The van der Waals surface area contributed by atoms with Gasteiger partial charge in [0.15, 0.2) is 0 Å². The summed E-state index contributed by atoms with van der Waals surface area (Å²) in [6.45, 7) is 1.14. The molecule has 7 heteroatoms. The molecule has 0 fully saturated rings. The fourth-order valence-electron chi connectivity index (χ4n) is 1.82. The number of rotatable bonds is 7. The Labute approximate surface area is 134 Å². The molecule has 0 bridgehead atoms. The van der Waals surface area contributed by atoms with Gasteiger partial charge < -0.3 is 15.4 Å². The minimum absolute atomic E-state index is 0.188.